The van der Waals surface area contributed by atoms with Crippen molar-refractivity contribution in [2.75, 3.05) is 12.4 Å². The molecule has 0 heterocycles. The highest BCUT2D eigenvalue weighted by molar-refractivity contribution is 6.31. The Hall–Kier alpha value is -3.55. The van der Waals surface area contributed by atoms with Crippen molar-refractivity contribution in [1.29, 1.82) is 0 Å². The minimum atomic E-state index is -0.569. The number of amides is 2. The van der Waals surface area contributed by atoms with Gasteiger partial charge in [-0.3, -0.25) is 9.59 Å². The van der Waals surface area contributed by atoms with Crippen LogP contribution in [0.3, 0.4) is 0 Å². The number of carbonyl (C=O) groups excluding carboxylic acids is 2. The Morgan fingerprint density at radius 1 is 0.970 bits per heavy atom. The molecule has 3 aromatic carbocycles. The van der Waals surface area contributed by atoms with Gasteiger partial charge in [0.2, 0.25) is 11.8 Å². The minimum Gasteiger partial charge on any atom is -0.497 e. The van der Waals surface area contributed by atoms with E-state index >= 15 is 0 Å². The van der Waals surface area contributed by atoms with Gasteiger partial charge in [-0.25, -0.2) is 5.43 Å². The highest BCUT2D eigenvalue weighted by atomic mass is 35.5. The van der Waals surface area contributed by atoms with E-state index in [4.69, 9.17) is 32.7 Å². The summed E-state index contributed by atoms with van der Waals surface area (Å²) in [5.41, 5.74) is 4.34. The molecular formula is C24H21Cl2N3O4. The molecule has 0 spiro atoms. The summed E-state index contributed by atoms with van der Waals surface area (Å²) in [6, 6.07) is 19.1. The predicted molar refractivity (Wildman–Crippen MR) is 129 cm³/mol. The van der Waals surface area contributed by atoms with E-state index in [2.05, 4.69) is 15.8 Å². The Morgan fingerprint density at radius 3 is 2.45 bits per heavy atom. The molecule has 170 valence electrons. The number of halogens is 2. The van der Waals surface area contributed by atoms with Gasteiger partial charge in [-0.15, -0.1) is 0 Å². The minimum absolute atomic E-state index is 0.293. The Morgan fingerprint density at radius 2 is 1.73 bits per heavy atom. The van der Waals surface area contributed by atoms with Crippen LogP contribution in [0.25, 0.3) is 0 Å². The van der Waals surface area contributed by atoms with Gasteiger partial charge in [-0.05, 0) is 60.2 Å². The number of hydrogen-bond donors (Lipinski definition) is 2. The summed E-state index contributed by atoms with van der Waals surface area (Å²) in [6.45, 7) is 0.293. The molecule has 0 radical (unpaired) electrons. The Balaban J connectivity index is 1.54. The van der Waals surface area contributed by atoms with E-state index in [0.717, 1.165) is 5.56 Å². The van der Waals surface area contributed by atoms with Gasteiger partial charge in [-0.2, -0.15) is 5.10 Å². The third-order valence-electron chi connectivity index (χ3n) is 4.34. The first kappa shape index (κ1) is 24.1. The summed E-state index contributed by atoms with van der Waals surface area (Å²) in [6.07, 6.45) is 1.01. The lowest BCUT2D eigenvalue weighted by atomic mass is 10.2. The summed E-state index contributed by atoms with van der Waals surface area (Å²) in [5, 5.41) is 7.65. The number of ether oxygens (including phenoxy) is 2. The lowest BCUT2D eigenvalue weighted by Gasteiger charge is -2.10. The van der Waals surface area contributed by atoms with Crippen molar-refractivity contribution in [3.8, 4) is 11.5 Å². The van der Waals surface area contributed by atoms with Crippen molar-refractivity contribution in [3.63, 3.8) is 0 Å². The van der Waals surface area contributed by atoms with Crippen LogP contribution in [0, 0.1) is 0 Å². The fourth-order valence-corrected chi connectivity index (χ4v) is 3.17. The van der Waals surface area contributed by atoms with Gasteiger partial charge >= 0.3 is 0 Å². The third kappa shape index (κ3) is 7.82. The number of nitrogens with one attached hydrogen (secondary N) is 2. The zero-order chi connectivity index (χ0) is 23.6. The molecule has 3 rings (SSSR count). The number of rotatable bonds is 9. The van der Waals surface area contributed by atoms with Crippen molar-refractivity contribution in [2.45, 2.75) is 13.0 Å². The van der Waals surface area contributed by atoms with E-state index in [1.165, 1.54) is 6.21 Å². The molecule has 0 bridgehead atoms. The van der Waals surface area contributed by atoms with E-state index in [9.17, 15) is 9.59 Å². The predicted octanol–water partition coefficient (Wildman–Crippen LogP) is 5.06. The molecule has 3 aromatic rings. The molecule has 0 aromatic heterocycles. The van der Waals surface area contributed by atoms with Crippen LogP contribution in [-0.4, -0.2) is 25.1 Å². The number of benzene rings is 3. The normalized spacial score (nSPS) is 10.6. The van der Waals surface area contributed by atoms with Gasteiger partial charge < -0.3 is 14.8 Å². The lowest BCUT2D eigenvalue weighted by Crippen LogP contribution is -2.24. The van der Waals surface area contributed by atoms with E-state index in [1.807, 2.05) is 18.2 Å². The number of methoxy groups -OCH3 is 1. The summed E-state index contributed by atoms with van der Waals surface area (Å²) in [4.78, 5) is 24.1. The molecule has 0 aliphatic carbocycles. The summed E-state index contributed by atoms with van der Waals surface area (Å²) >= 11 is 12.1. The first-order valence-electron chi connectivity index (χ1n) is 9.85. The van der Waals surface area contributed by atoms with Gasteiger partial charge in [0, 0.05) is 21.3 Å². The highest BCUT2D eigenvalue weighted by Gasteiger charge is 2.10. The van der Waals surface area contributed by atoms with Crippen LogP contribution in [0.15, 0.2) is 71.8 Å². The van der Waals surface area contributed by atoms with E-state index in [1.54, 1.807) is 55.6 Å². The molecule has 2 N–H and O–H groups in total. The van der Waals surface area contributed by atoms with E-state index in [0.29, 0.717) is 39.4 Å². The molecule has 9 heteroatoms. The summed E-state index contributed by atoms with van der Waals surface area (Å²) in [5.74, 6) is 0.147. The number of hydrogen-bond acceptors (Lipinski definition) is 5. The molecule has 0 atom stereocenters. The maximum absolute atomic E-state index is 12.1. The first-order valence-corrected chi connectivity index (χ1v) is 10.6. The average Bonchev–Trinajstić information content (AvgIpc) is 2.79. The second-order valence-electron chi connectivity index (χ2n) is 6.85. The van der Waals surface area contributed by atoms with Gasteiger partial charge in [0.05, 0.1) is 13.3 Å². The van der Waals surface area contributed by atoms with Crippen molar-refractivity contribution in [2.24, 2.45) is 5.10 Å². The zero-order valence-electron chi connectivity index (χ0n) is 17.7. The second kappa shape index (κ2) is 11.9. The van der Waals surface area contributed by atoms with Crippen LogP contribution in [0.2, 0.25) is 10.0 Å². The molecule has 0 saturated carbocycles. The Bertz CT molecular complexity index is 1150. The molecule has 0 aliphatic rings. The van der Waals surface area contributed by atoms with Gasteiger partial charge in [0.25, 0.3) is 0 Å². The van der Waals surface area contributed by atoms with E-state index in [-0.39, 0.29) is 0 Å². The fourth-order valence-electron chi connectivity index (χ4n) is 2.78. The molecule has 2 amide bonds. The van der Waals surface area contributed by atoms with Crippen molar-refractivity contribution >= 4 is 46.9 Å². The van der Waals surface area contributed by atoms with Crippen LogP contribution in [0.1, 0.15) is 17.5 Å². The first-order chi connectivity index (χ1) is 15.9. The monoisotopic (exact) mass is 485 g/mol. The Labute approximate surface area is 201 Å². The molecule has 33 heavy (non-hydrogen) atoms. The lowest BCUT2D eigenvalue weighted by molar-refractivity contribution is -0.126. The SMILES string of the molecule is COc1ccc(NC(=O)CC(=O)NN=Cc2cc(Cl)ccc2OCc2cccc(Cl)c2)cc1. The largest absolute Gasteiger partial charge is 0.497 e. The van der Waals surface area contributed by atoms with Crippen molar-refractivity contribution in [3.05, 3.63) is 87.9 Å². The standard InChI is InChI=1S/C24H21Cl2N3O4/c1-32-21-8-6-20(7-9-21)28-23(30)13-24(31)29-27-14-17-12-19(26)5-10-22(17)33-15-16-3-2-4-18(25)11-16/h2-12,14H,13,15H2,1H3,(H,28,30)(H,29,31). The topological polar surface area (TPSA) is 89.0 Å². The highest BCUT2D eigenvalue weighted by Crippen LogP contribution is 2.23. The van der Waals surface area contributed by atoms with Crippen LogP contribution < -0.4 is 20.2 Å². The maximum Gasteiger partial charge on any atom is 0.249 e. The molecule has 0 fully saturated rings. The number of hydrazone groups is 1. The van der Waals surface area contributed by atoms with Crippen LogP contribution in [0.4, 0.5) is 5.69 Å². The van der Waals surface area contributed by atoms with Gasteiger partial charge in [-0.1, -0.05) is 35.3 Å². The summed E-state index contributed by atoms with van der Waals surface area (Å²) in [7, 11) is 1.55. The molecule has 0 unspecified atom stereocenters. The zero-order valence-corrected chi connectivity index (χ0v) is 19.2. The van der Waals surface area contributed by atoms with Crippen LogP contribution in [-0.2, 0) is 16.2 Å². The average molecular weight is 486 g/mol. The number of anilines is 1. The van der Waals surface area contributed by atoms with Crippen LogP contribution in [0.5, 0.6) is 11.5 Å². The molecule has 0 saturated heterocycles. The number of carbonyl (C=O) groups is 2. The van der Waals surface area contributed by atoms with Gasteiger partial charge in [0.15, 0.2) is 0 Å². The molecule has 0 aliphatic heterocycles. The Kier molecular flexibility index (Phi) is 8.69. The van der Waals surface area contributed by atoms with Gasteiger partial charge in [0.1, 0.15) is 24.5 Å². The van der Waals surface area contributed by atoms with Crippen molar-refractivity contribution < 1.29 is 19.1 Å². The smallest absolute Gasteiger partial charge is 0.249 e. The van der Waals surface area contributed by atoms with Crippen molar-refractivity contribution in [1.82, 2.24) is 5.43 Å². The molecular weight excluding hydrogens is 465 g/mol. The maximum atomic E-state index is 12.1. The quantitative estimate of drug-likeness (QED) is 0.251. The number of nitrogens with zero attached hydrogens (tertiary/aromatic N) is 1. The second-order valence-corrected chi connectivity index (χ2v) is 7.72. The fraction of sp³-hybridized carbons (Fsp3) is 0.125. The summed E-state index contributed by atoms with van der Waals surface area (Å²) < 4.78 is 10.9. The molecule has 7 nitrogen and oxygen atoms in total. The van der Waals surface area contributed by atoms with E-state index < -0.39 is 18.2 Å². The third-order valence-corrected chi connectivity index (χ3v) is 4.81. The van der Waals surface area contributed by atoms with Crippen LogP contribution >= 0.6 is 23.2 Å².